The third-order valence-electron chi connectivity index (χ3n) is 4.83. The first-order valence-corrected chi connectivity index (χ1v) is 9.81. The second kappa shape index (κ2) is 10.1. The molecule has 1 aliphatic rings. The maximum atomic E-state index is 12.6. The summed E-state index contributed by atoms with van der Waals surface area (Å²) in [7, 11) is 0. The van der Waals surface area contributed by atoms with Gasteiger partial charge < -0.3 is 24.1 Å². The van der Waals surface area contributed by atoms with Crippen LogP contribution in [0.15, 0.2) is 0 Å². The minimum atomic E-state index is -0.718. The Kier molecular flexibility index (Phi) is 7.81. The van der Waals surface area contributed by atoms with Gasteiger partial charge >= 0.3 is 17.9 Å². The number of piperidine rings is 1. The van der Waals surface area contributed by atoms with Gasteiger partial charge in [0.05, 0.1) is 18.8 Å². The Morgan fingerprint density at radius 2 is 1.69 bits per heavy atom. The van der Waals surface area contributed by atoms with E-state index in [1.165, 1.54) is 4.90 Å². The Balaban J connectivity index is 2.05. The molecule has 9 heteroatoms. The minimum absolute atomic E-state index is 0.182. The van der Waals surface area contributed by atoms with Gasteiger partial charge in [-0.2, -0.15) is 0 Å². The smallest absolute Gasteiger partial charge is 0.355 e. The van der Waals surface area contributed by atoms with E-state index in [0.29, 0.717) is 24.2 Å². The fourth-order valence-electron chi connectivity index (χ4n) is 3.46. The van der Waals surface area contributed by atoms with E-state index >= 15 is 0 Å². The van der Waals surface area contributed by atoms with E-state index in [1.54, 1.807) is 27.7 Å². The number of aryl methyl sites for hydroxylation is 1. The SMILES string of the molecule is CCOC(=O)c1[nH]c(C)c(C(=O)OCC(=O)N2CCCC[C@H]2C(=O)OCC)c1C. The Bertz CT molecular complexity index is 784. The lowest BCUT2D eigenvalue weighted by molar-refractivity contribution is -0.157. The highest BCUT2D eigenvalue weighted by atomic mass is 16.5. The summed E-state index contributed by atoms with van der Waals surface area (Å²) in [4.78, 5) is 53.4. The molecular formula is C20H28N2O7. The predicted molar refractivity (Wildman–Crippen MR) is 102 cm³/mol. The summed E-state index contributed by atoms with van der Waals surface area (Å²) in [5.41, 5.74) is 1.23. The van der Waals surface area contributed by atoms with Crippen LogP contribution in [-0.4, -0.2) is 66.1 Å². The zero-order valence-electron chi connectivity index (χ0n) is 17.3. The molecule has 1 aromatic heterocycles. The maximum Gasteiger partial charge on any atom is 0.355 e. The van der Waals surface area contributed by atoms with Crippen molar-refractivity contribution in [2.75, 3.05) is 26.4 Å². The third-order valence-corrected chi connectivity index (χ3v) is 4.83. The third kappa shape index (κ3) is 5.16. The molecule has 1 fully saturated rings. The molecule has 1 aliphatic heterocycles. The molecule has 0 radical (unpaired) electrons. The Morgan fingerprint density at radius 3 is 2.34 bits per heavy atom. The largest absolute Gasteiger partial charge is 0.464 e. The molecule has 1 amide bonds. The van der Waals surface area contributed by atoms with Crippen LogP contribution in [0.5, 0.6) is 0 Å². The molecule has 0 aromatic carbocycles. The Labute approximate surface area is 169 Å². The summed E-state index contributed by atoms with van der Waals surface area (Å²) in [6.07, 6.45) is 2.12. The van der Waals surface area contributed by atoms with Gasteiger partial charge in [-0.3, -0.25) is 4.79 Å². The van der Waals surface area contributed by atoms with E-state index in [2.05, 4.69) is 4.98 Å². The highest BCUT2D eigenvalue weighted by Gasteiger charge is 2.34. The topological polar surface area (TPSA) is 115 Å². The highest BCUT2D eigenvalue weighted by Crippen LogP contribution is 2.21. The van der Waals surface area contributed by atoms with Crippen molar-refractivity contribution in [2.45, 2.75) is 53.0 Å². The minimum Gasteiger partial charge on any atom is -0.464 e. The number of carbonyl (C=O) groups excluding carboxylic acids is 4. The number of ether oxygens (including phenoxy) is 3. The highest BCUT2D eigenvalue weighted by molar-refractivity contribution is 5.99. The number of H-pyrrole nitrogens is 1. The second-order valence-corrected chi connectivity index (χ2v) is 6.77. The van der Waals surface area contributed by atoms with Crippen molar-refractivity contribution in [1.82, 2.24) is 9.88 Å². The molecule has 1 saturated heterocycles. The molecule has 2 heterocycles. The number of rotatable bonds is 7. The van der Waals surface area contributed by atoms with Crippen molar-refractivity contribution in [2.24, 2.45) is 0 Å². The first-order valence-electron chi connectivity index (χ1n) is 9.81. The van der Waals surface area contributed by atoms with Crippen molar-refractivity contribution < 1.29 is 33.4 Å². The standard InChI is InChI=1S/C20H28N2O7/c1-5-27-18(24)14-9-7-8-10-22(14)15(23)11-29-19(25)16-12(3)17(21-13(16)4)20(26)28-6-2/h14,21H,5-11H2,1-4H3/t14-/m0/s1. The van der Waals surface area contributed by atoms with Crippen LogP contribution in [-0.2, 0) is 23.8 Å². The number of nitrogens with zero attached hydrogens (tertiary/aromatic N) is 1. The van der Waals surface area contributed by atoms with Gasteiger partial charge in [0.1, 0.15) is 11.7 Å². The lowest BCUT2D eigenvalue weighted by Gasteiger charge is -2.33. The average molecular weight is 408 g/mol. The number of amides is 1. The van der Waals surface area contributed by atoms with Gasteiger partial charge in [0.15, 0.2) is 6.61 Å². The first kappa shape index (κ1) is 22.4. The average Bonchev–Trinajstić information content (AvgIpc) is 3.00. The van der Waals surface area contributed by atoms with Crippen LogP contribution in [0, 0.1) is 13.8 Å². The van der Waals surface area contributed by atoms with E-state index in [-0.39, 0.29) is 24.5 Å². The molecule has 1 N–H and O–H groups in total. The normalized spacial score (nSPS) is 16.3. The van der Waals surface area contributed by atoms with Crippen LogP contribution in [0.1, 0.15) is 65.2 Å². The number of likely N-dealkylation sites (tertiary alicyclic amines) is 1. The van der Waals surface area contributed by atoms with E-state index in [1.807, 2.05) is 0 Å². The molecule has 1 atom stereocenters. The van der Waals surface area contributed by atoms with Gasteiger partial charge in [0.2, 0.25) is 0 Å². The zero-order valence-corrected chi connectivity index (χ0v) is 17.3. The maximum absolute atomic E-state index is 12.6. The van der Waals surface area contributed by atoms with Crippen LogP contribution in [0.4, 0.5) is 0 Å². The lowest BCUT2D eigenvalue weighted by atomic mass is 10.0. The summed E-state index contributed by atoms with van der Waals surface area (Å²) in [5, 5.41) is 0. The molecule has 9 nitrogen and oxygen atoms in total. The van der Waals surface area contributed by atoms with Crippen molar-refractivity contribution >= 4 is 23.8 Å². The van der Waals surface area contributed by atoms with Gasteiger partial charge in [0, 0.05) is 12.2 Å². The van der Waals surface area contributed by atoms with Gasteiger partial charge in [-0.1, -0.05) is 0 Å². The first-order chi connectivity index (χ1) is 13.8. The molecule has 2 rings (SSSR count). The van der Waals surface area contributed by atoms with Crippen molar-refractivity contribution in [3.05, 3.63) is 22.5 Å². The molecule has 1 aromatic rings. The Morgan fingerprint density at radius 1 is 1.00 bits per heavy atom. The van der Waals surface area contributed by atoms with Gasteiger partial charge in [-0.15, -0.1) is 0 Å². The summed E-state index contributed by atoms with van der Waals surface area (Å²) in [5.74, 6) is -2.17. The molecule has 160 valence electrons. The number of aromatic amines is 1. The molecular weight excluding hydrogens is 380 g/mol. The summed E-state index contributed by atoms with van der Waals surface area (Å²) >= 11 is 0. The summed E-state index contributed by atoms with van der Waals surface area (Å²) < 4.78 is 15.2. The van der Waals surface area contributed by atoms with Gasteiger partial charge in [-0.05, 0) is 52.5 Å². The second-order valence-electron chi connectivity index (χ2n) is 6.77. The monoisotopic (exact) mass is 408 g/mol. The van der Waals surface area contributed by atoms with E-state index in [4.69, 9.17) is 14.2 Å². The molecule has 0 saturated carbocycles. The van der Waals surface area contributed by atoms with Crippen molar-refractivity contribution in [3.63, 3.8) is 0 Å². The number of hydrogen-bond donors (Lipinski definition) is 1. The van der Waals surface area contributed by atoms with Crippen LogP contribution < -0.4 is 0 Å². The number of nitrogens with one attached hydrogen (secondary N) is 1. The number of carbonyl (C=O) groups is 4. The fourth-order valence-corrected chi connectivity index (χ4v) is 3.46. The molecule has 0 spiro atoms. The molecule has 0 aliphatic carbocycles. The Hall–Kier alpha value is -2.84. The quantitative estimate of drug-likeness (QED) is 0.541. The van der Waals surface area contributed by atoms with E-state index in [0.717, 1.165) is 12.8 Å². The molecule has 0 bridgehead atoms. The van der Waals surface area contributed by atoms with Crippen molar-refractivity contribution in [1.29, 1.82) is 0 Å². The number of esters is 3. The number of hydrogen-bond acceptors (Lipinski definition) is 7. The predicted octanol–water partition coefficient (Wildman–Crippen LogP) is 1.91. The van der Waals surface area contributed by atoms with Gasteiger partial charge in [-0.25, -0.2) is 14.4 Å². The van der Waals surface area contributed by atoms with E-state index in [9.17, 15) is 19.2 Å². The van der Waals surface area contributed by atoms with Crippen LogP contribution in [0.25, 0.3) is 0 Å². The zero-order chi connectivity index (χ0) is 21.6. The lowest BCUT2D eigenvalue weighted by Crippen LogP contribution is -2.50. The van der Waals surface area contributed by atoms with Crippen molar-refractivity contribution in [3.8, 4) is 0 Å². The molecule has 29 heavy (non-hydrogen) atoms. The van der Waals surface area contributed by atoms with Crippen LogP contribution >= 0.6 is 0 Å². The summed E-state index contributed by atoms with van der Waals surface area (Å²) in [6, 6.07) is -0.652. The molecule has 0 unspecified atom stereocenters. The summed E-state index contributed by atoms with van der Waals surface area (Å²) in [6.45, 7) is 7.01. The number of aromatic nitrogens is 1. The van der Waals surface area contributed by atoms with Crippen LogP contribution in [0.3, 0.4) is 0 Å². The van der Waals surface area contributed by atoms with Crippen LogP contribution in [0.2, 0.25) is 0 Å². The van der Waals surface area contributed by atoms with E-state index < -0.39 is 36.5 Å². The fraction of sp³-hybridized carbons (Fsp3) is 0.600. The van der Waals surface area contributed by atoms with Gasteiger partial charge in [0.25, 0.3) is 5.91 Å².